The van der Waals surface area contributed by atoms with Crippen molar-refractivity contribution in [2.24, 2.45) is 0 Å². The molecular weight excluding hydrogens is 296 g/mol. The predicted octanol–water partition coefficient (Wildman–Crippen LogP) is 2.78. The number of aliphatic hydroxyl groups is 1. The maximum Gasteiger partial charge on any atom is 0.308 e. The molecule has 1 N–H and O–H groups in total. The van der Waals surface area contributed by atoms with Crippen LogP contribution in [0.15, 0.2) is 35.1 Å². The Kier molecular flexibility index (Phi) is 2.55. The highest BCUT2D eigenvalue weighted by atomic mass is 32.1. The summed E-state index contributed by atoms with van der Waals surface area (Å²) in [6, 6.07) is 7.59. The van der Waals surface area contributed by atoms with E-state index in [2.05, 4.69) is 0 Å². The van der Waals surface area contributed by atoms with E-state index in [4.69, 9.17) is 0 Å². The molecule has 1 atom stereocenters. The number of thiazole rings is 1. The van der Waals surface area contributed by atoms with Gasteiger partial charge in [0.25, 0.3) is 0 Å². The largest absolute Gasteiger partial charge is 0.384 e. The summed E-state index contributed by atoms with van der Waals surface area (Å²) in [6.45, 7) is -0.0775. The number of aromatic nitrogens is 1. The molecule has 0 spiro atoms. The zero-order chi connectivity index (χ0) is 14.7. The summed E-state index contributed by atoms with van der Waals surface area (Å²) in [6.07, 6.45) is -1.08. The molecule has 0 fully saturated rings. The van der Waals surface area contributed by atoms with Crippen molar-refractivity contribution >= 4 is 21.6 Å². The van der Waals surface area contributed by atoms with Crippen molar-refractivity contribution in [2.75, 3.05) is 0 Å². The van der Waals surface area contributed by atoms with Gasteiger partial charge in [-0.3, -0.25) is 9.36 Å². The average Bonchev–Trinajstić information content (AvgIpc) is 2.71. The summed E-state index contributed by atoms with van der Waals surface area (Å²) in [5.74, 6) is -1.99. The van der Waals surface area contributed by atoms with E-state index in [-0.39, 0.29) is 17.0 Å². The molecule has 1 unspecified atom stereocenters. The van der Waals surface area contributed by atoms with Gasteiger partial charge in [0.15, 0.2) is 11.6 Å². The van der Waals surface area contributed by atoms with E-state index < -0.39 is 17.7 Å². The fraction of sp³-hybridized carbons (Fsp3) is 0.133. The van der Waals surface area contributed by atoms with Gasteiger partial charge in [0.1, 0.15) is 6.10 Å². The number of para-hydroxylation sites is 1. The Labute approximate surface area is 121 Å². The number of nitrogens with zero attached hydrogens (tertiary/aromatic N) is 1. The minimum absolute atomic E-state index is 0.0282. The van der Waals surface area contributed by atoms with Crippen LogP contribution < -0.4 is 4.87 Å². The Morgan fingerprint density at radius 3 is 2.81 bits per heavy atom. The van der Waals surface area contributed by atoms with Crippen LogP contribution in [0.25, 0.3) is 10.2 Å². The van der Waals surface area contributed by atoms with Crippen LogP contribution in [0.2, 0.25) is 0 Å². The van der Waals surface area contributed by atoms with Gasteiger partial charge >= 0.3 is 4.87 Å². The van der Waals surface area contributed by atoms with E-state index in [1.165, 1.54) is 10.6 Å². The quantitative estimate of drug-likeness (QED) is 0.694. The van der Waals surface area contributed by atoms with Crippen LogP contribution in [0.4, 0.5) is 8.78 Å². The first kappa shape index (κ1) is 12.7. The van der Waals surface area contributed by atoms with Crippen LogP contribution in [0.3, 0.4) is 0 Å². The summed E-state index contributed by atoms with van der Waals surface area (Å²) in [4.78, 5) is 11.9. The lowest BCUT2D eigenvalue weighted by Crippen LogP contribution is -2.15. The van der Waals surface area contributed by atoms with Gasteiger partial charge in [-0.25, -0.2) is 8.78 Å². The third kappa shape index (κ3) is 1.63. The second-order valence-electron chi connectivity index (χ2n) is 4.98. The third-order valence-electron chi connectivity index (χ3n) is 3.86. The van der Waals surface area contributed by atoms with Gasteiger partial charge < -0.3 is 5.11 Å². The first-order valence-electron chi connectivity index (χ1n) is 6.35. The van der Waals surface area contributed by atoms with Crippen molar-refractivity contribution in [1.29, 1.82) is 0 Å². The van der Waals surface area contributed by atoms with Crippen molar-refractivity contribution in [3.8, 4) is 0 Å². The molecule has 106 valence electrons. The molecule has 3 aromatic rings. The van der Waals surface area contributed by atoms with Gasteiger partial charge in [-0.15, -0.1) is 0 Å². The molecule has 2 heterocycles. The molecule has 0 bridgehead atoms. The number of aliphatic hydroxyl groups excluding tert-OH is 1. The van der Waals surface area contributed by atoms with Crippen LogP contribution in [0, 0.1) is 11.6 Å². The smallest absolute Gasteiger partial charge is 0.308 e. The van der Waals surface area contributed by atoms with Gasteiger partial charge in [-0.2, -0.15) is 0 Å². The van der Waals surface area contributed by atoms with Crippen LogP contribution >= 0.6 is 11.3 Å². The Balaban J connectivity index is 2.15. The van der Waals surface area contributed by atoms with E-state index >= 15 is 0 Å². The number of hydrogen-bond donors (Lipinski definition) is 1. The molecule has 0 radical (unpaired) electrons. The highest BCUT2D eigenvalue weighted by molar-refractivity contribution is 7.16. The minimum atomic E-state index is -1.08. The Hall–Kier alpha value is -2.05. The van der Waals surface area contributed by atoms with E-state index in [9.17, 15) is 18.7 Å². The molecule has 1 aliphatic heterocycles. The van der Waals surface area contributed by atoms with E-state index in [0.717, 1.165) is 22.1 Å². The SMILES string of the molecule is O=c1sc2cccc3c2n1Cc1c(ccc(F)c1F)C3O. The highest BCUT2D eigenvalue weighted by Crippen LogP contribution is 2.36. The van der Waals surface area contributed by atoms with Gasteiger partial charge in [-0.05, 0) is 17.7 Å². The molecule has 1 aliphatic rings. The molecule has 0 aliphatic carbocycles. The number of hydrogen-bond acceptors (Lipinski definition) is 3. The van der Waals surface area contributed by atoms with E-state index in [0.29, 0.717) is 16.6 Å². The minimum Gasteiger partial charge on any atom is -0.384 e. The molecule has 21 heavy (non-hydrogen) atoms. The fourth-order valence-electron chi connectivity index (χ4n) is 2.87. The standard InChI is InChI=1S/C15H9F2NO2S/c16-10-5-4-7-9(12(10)17)6-18-13-8(14(7)19)2-1-3-11(13)21-15(18)20/h1-5,14,19H,6H2. The topological polar surface area (TPSA) is 42.2 Å². The fourth-order valence-corrected chi connectivity index (χ4v) is 3.79. The third-order valence-corrected chi connectivity index (χ3v) is 4.80. The van der Waals surface area contributed by atoms with Gasteiger partial charge in [0, 0.05) is 11.1 Å². The summed E-state index contributed by atoms with van der Waals surface area (Å²) >= 11 is 1.03. The van der Waals surface area contributed by atoms with Crippen molar-refractivity contribution in [3.05, 3.63) is 68.3 Å². The zero-order valence-corrected chi connectivity index (χ0v) is 11.5. The van der Waals surface area contributed by atoms with E-state index in [1.807, 2.05) is 0 Å². The van der Waals surface area contributed by atoms with Crippen LogP contribution in [-0.2, 0) is 6.54 Å². The molecule has 3 nitrogen and oxygen atoms in total. The number of halogens is 2. The lowest BCUT2D eigenvalue weighted by Gasteiger charge is -2.13. The number of fused-ring (bicyclic) bond motifs is 1. The summed E-state index contributed by atoms with van der Waals surface area (Å²) in [5.41, 5.74) is 1.46. The van der Waals surface area contributed by atoms with Crippen molar-refractivity contribution in [2.45, 2.75) is 12.6 Å². The van der Waals surface area contributed by atoms with Crippen LogP contribution in [0.1, 0.15) is 22.8 Å². The predicted molar refractivity (Wildman–Crippen MR) is 75.6 cm³/mol. The molecule has 0 saturated carbocycles. The second-order valence-corrected chi connectivity index (χ2v) is 5.97. The maximum atomic E-state index is 14.1. The number of rotatable bonds is 0. The second kappa shape index (κ2) is 4.22. The van der Waals surface area contributed by atoms with E-state index in [1.54, 1.807) is 18.2 Å². The highest BCUT2D eigenvalue weighted by Gasteiger charge is 2.27. The Morgan fingerprint density at radius 1 is 1.19 bits per heavy atom. The molecule has 4 rings (SSSR count). The summed E-state index contributed by atoms with van der Waals surface area (Å²) in [7, 11) is 0. The molecule has 2 aromatic carbocycles. The normalized spacial score (nSPS) is 16.8. The molecular formula is C15H9F2NO2S. The molecule has 1 aromatic heterocycles. The lowest BCUT2D eigenvalue weighted by molar-refractivity contribution is 0.220. The first-order chi connectivity index (χ1) is 10.1. The Morgan fingerprint density at radius 2 is 2.00 bits per heavy atom. The molecule has 0 saturated heterocycles. The van der Waals surface area contributed by atoms with Gasteiger partial charge in [-0.1, -0.05) is 29.5 Å². The zero-order valence-electron chi connectivity index (χ0n) is 10.6. The van der Waals surface area contributed by atoms with Crippen LogP contribution in [0.5, 0.6) is 0 Å². The average molecular weight is 305 g/mol. The van der Waals surface area contributed by atoms with Gasteiger partial charge in [0.05, 0.1) is 16.8 Å². The van der Waals surface area contributed by atoms with Crippen molar-refractivity contribution in [1.82, 2.24) is 4.57 Å². The Bertz CT molecular complexity index is 945. The number of benzene rings is 2. The van der Waals surface area contributed by atoms with Crippen molar-refractivity contribution < 1.29 is 13.9 Å². The monoisotopic (exact) mass is 305 g/mol. The summed E-state index contributed by atoms with van der Waals surface area (Å²) < 4.78 is 29.7. The lowest BCUT2D eigenvalue weighted by atomic mass is 9.97. The van der Waals surface area contributed by atoms with Crippen molar-refractivity contribution in [3.63, 3.8) is 0 Å². The van der Waals surface area contributed by atoms with Crippen LogP contribution in [-0.4, -0.2) is 9.67 Å². The first-order valence-corrected chi connectivity index (χ1v) is 7.16. The maximum absolute atomic E-state index is 14.1. The summed E-state index contributed by atoms with van der Waals surface area (Å²) in [5, 5.41) is 10.5. The van der Waals surface area contributed by atoms with Gasteiger partial charge in [0.2, 0.25) is 0 Å². The molecule has 0 amide bonds. The molecule has 6 heteroatoms.